The molecule has 0 aliphatic rings. The Kier molecular flexibility index (Phi) is 11.1. The van der Waals surface area contributed by atoms with E-state index >= 15 is 0 Å². The van der Waals surface area contributed by atoms with Crippen LogP contribution in [0.15, 0.2) is 23.2 Å². The van der Waals surface area contributed by atoms with Gasteiger partial charge in [0.15, 0.2) is 5.82 Å². The number of carbonyl (C=O) groups is 1. The van der Waals surface area contributed by atoms with Crippen molar-refractivity contribution in [2.45, 2.75) is 31.8 Å². The first-order valence-electron chi connectivity index (χ1n) is 10.2. The lowest BCUT2D eigenvalue weighted by Crippen LogP contribution is -2.40. The van der Waals surface area contributed by atoms with Gasteiger partial charge in [0.05, 0.1) is 5.69 Å². The second-order valence-electron chi connectivity index (χ2n) is 7.54. The number of carbonyl (C=O) groups excluding carboxylic acids is 1. The molecule has 0 bridgehead atoms. The molecule has 36 heavy (non-hydrogen) atoms. The van der Waals surface area contributed by atoms with Crippen LogP contribution in [0, 0.1) is 11.3 Å². The summed E-state index contributed by atoms with van der Waals surface area (Å²) in [5.41, 5.74) is 5.88. The molecule has 0 unspecified atom stereocenters. The summed E-state index contributed by atoms with van der Waals surface area (Å²) in [5, 5.41) is 12.5. The molecule has 0 aliphatic carbocycles. The van der Waals surface area contributed by atoms with Crippen molar-refractivity contribution < 1.29 is 27.4 Å². The summed E-state index contributed by atoms with van der Waals surface area (Å²) in [6, 6.07) is 4.51. The van der Waals surface area contributed by atoms with Crippen molar-refractivity contribution >= 4 is 35.1 Å². The molecule has 0 spiro atoms. The number of rotatable bonds is 10. The molecule has 1 amide bonds. The summed E-state index contributed by atoms with van der Waals surface area (Å²) in [5.74, 6) is -0.882. The van der Waals surface area contributed by atoms with Gasteiger partial charge in [-0.15, -0.1) is 24.9 Å². The third-order valence-corrected chi connectivity index (χ3v) is 5.39. The van der Waals surface area contributed by atoms with Gasteiger partial charge in [0, 0.05) is 19.7 Å². The zero-order valence-corrected chi connectivity index (χ0v) is 20.6. The Morgan fingerprint density at radius 3 is 2.53 bits per heavy atom. The number of thioether (sulfide) groups is 1. The van der Waals surface area contributed by atoms with E-state index in [0.29, 0.717) is 11.6 Å². The maximum atomic E-state index is 13.1. The second kappa shape index (κ2) is 13.0. The minimum Gasteiger partial charge on any atom is -0.490 e. The van der Waals surface area contributed by atoms with E-state index < -0.39 is 24.1 Å². The van der Waals surface area contributed by atoms with Gasteiger partial charge in [-0.25, -0.2) is 4.98 Å². The van der Waals surface area contributed by atoms with Crippen LogP contribution in [-0.2, 0) is 4.79 Å². The van der Waals surface area contributed by atoms with Gasteiger partial charge in [-0.3, -0.25) is 4.79 Å². The number of nitriles is 1. The number of halogens is 3. The first kappa shape index (κ1) is 30.6. The Morgan fingerprint density at radius 2 is 1.97 bits per heavy atom. The molecular weight excluding hydrogens is 499 g/mol. The first-order chi connectivity index (χ1) is 16.4. The predicted molar refractivity (Wildman–Crippen MR) is 133 cm³/mol. The number of hydrogen-bond acceptors (Lipinski definition) is 10. The van der Waals surface area contributed by atoms with Gasteiger partial charge in [-0.2, -0.15) is 10.2 Å². The molecular formula is C22H30F3N7O3S. The van der Waals surface area contributed by atoms with Crippen molar-refractivity contribution in [3.63, 3.8) is 0 Å². The van der Waals surface area contributed by atoms with Crippen LogP contribution in [0.5, 0.6) is 11.5 Å². The van der Waals surface area contributed by atoms with Crippen molar-refractivity contribution in [3.8, 4) is 17.6 Å². The molecule has 0 fully saturated rings. The van der Waals surface area contributed by atoms with Crippen molar-refractivity contribution in [1.82, 2.24) is 14.9 Å². The summed E-state index contributed by atoms with van der Waals surface area (Å²) in [4.78, 5) is 24.5. The van der Waals surface area contributed by atoms with E-state index in [1.165, 1.54) is 36.7 Å². The van der Waals surface area contributed by atoms with Crippen LogP contribution in [0.3, 0.4) is 0 Å². The van der Waals surface area contributed by atoms with E-state index in [1.807, 2.05) is 25.1 Å². The van der Waals surface area contributed by atoms with E-state index in [9.17, 15) is 23.2 Å². The number of amides is 1. The fraction of sp³-hybridized carbons (Fsp3) is 0.455. The van der Waals surface area contributed by atoms with Gasteiger partial charge in [-0.1, -0.05) is 7.43 Å². The minimum atomic E-state index is -4.91. The fourth-order valence-corrected chi connectivity index (χ4v) is 3.34. The number of nitrogens with two attached hydrogens (primary N) is 1. The van der Waals surface area contributed by atoms with E-state index in [1.54, 1.807) is 6.26 Å². The van der Waals surface area contributed by atoms with Crippen LogP contribution >= 0.6 is 11.8 Å². The first-order valence-corrected chi connectivity index (χ1v) is 11.4. The number of aromatic nitrogens is 2. The molecule has 2 aromatic rings. The lowest BCUT2D eigenvalue weighted by atomic mass is 10.2. The number of nitrogens with one attached hydrogen (secondary N) is 1. The van der Waals surface area contributed by atoms with Crippen LogP contribution in [0.4, 0.5) is 30.6 Å². The number of ether oxygens (including phenoxy) is 2. The monoisotopic (exact) mass is 529 g/mol. The van der Waals surface area contributed by atoms with Crippen LogP contribution in [0.25, 0.3) is 0 Å². The molecule has 14 heteroatoms. The molecule has 1 atom stereocenters. The Morgan fingerprint density at radius 1 is 1.31 bits per heavy atom. The highest BCUT2D eigenvalue weighted by Crippen LogP contribution is 2.33. The zero-order chi connectivity index (χ0) is 26.3. The highest BCUT2D eigenvalue weighted by atomic mass is 32.2. The number of alkyl halides is 3. The summed E-state index contributed by atoms with van der Waals surface area (Å²) in [6.07, 6.45) is -3.19. The summed E-state index contributed by atoms with van der Waals surface area (Å²) in [6.45, 7) is 2.31. The van der Waals surface area contributed by atoms with Gasteiger partial charge >= 0.3 is 6.36 Å². The SMILES string of the molecule is C.CSc1nc(N)nc(N(C)[C@@H](C)C(=O)Nc2cc(OC(F)(F)F)ccc2OCCN(C)C)c1C#N. The van der Waals surface area contributed by atoms with E-state index in [0.717, 1.165) is 12.1 Å². The van der Waals surface area contributed by atoms with Gasteiger partial charge in [0.2, 0.25) is 11.9 Å². The molecule has 10 nitrogen and oxygen atoms in total. The quantitative estimate of drug-likeness (QED) is 0.348. The number of nitrogen functional groups attached to an aromatic ring is 1. The smallest absolute Gasteiger partial charge is 0.490 e. The zero-order valence-electron chi connectivity index (χ0n) is 19.8. The lowest BCUT2D eigenvalue weighted by molar-refractivity contribution is -0.274. The molecule has 1 heterocycles. The largest absolute Gasteiger partial charge is 0.573 e. The Labute approximate surface area is 212 Å². The minimum absolute atomic E-state index is 0. The third-order valence-electron chi connectivity index (χ3n) is 4.71. The highest BCUT2D eigenvalue weighted by Gasteiger charge is 2.32. The number of benzene rings is 1. The third kappa shape index (κ3) is 8.35. The normalized spacial score (nSPS) is 11.8. The Hall–Kier alpha value is -3.44. The van der Waals surface area contributed by atoms with Crippen LogP contribution < -0.4 is 25.4 Å². The lowest BCUT2D eigenvalue weighted by Gasteiger charge is -2.26. The maximum Gasteiger partial charge on any atom is 0.573 e. The van der Waals surface area contributed by atoms with Crippen LogP contribution in [0.2, 0.25) is 0 Å². The molecule has 2 rings (SSSR count). The van der Waals surface area contributed by atoms with E-state index in [4.69, 9.17) is 10.5 Å². The van der Waals surface area contributed by atoms with E-state index in [2.05, 4.69) is 20.0 Å². The van der Waals surface area contributed by atoms with Crippen molar-refractivity contribution in [2.24, 2.45) is 0 Å². The molecule has 3 N–H and O–H groups in total. The molecule has 0 radical (unpaired) electrons. The molecule has 1 aromatic carbocycles. The number of likely N-dealkylation sites (N-methyl/N-ethyl adjacent to an activating group) is 2. The molecule has 0 aliphatic heterocycles. The molecule has 1 aromatic heterocycles. The molecule has 198 valence electrons. The number of hydrogen-bond donors (Lipinski definition) is 2. The highest BCUT2D eigenvalue weighted by molar-refractivity contribution is 7.98. The van der Waals surface area contributed by atoms with Gasteiger partial charge in [0.1, 0.15) is 40.8 Å². The fourth-order valence-electron chi connectivity index (χ4n) is 2.81. The molecule has 0 saturated carbocycles. The molecule has 0 saturated heterocycles. The number of nitrogens with zero attached hydrogens (tertiary/aromatic N) is 5. The van der Waals surface area contributed by atoms with Gasteiger partial charge in [-0.05, 0) is 39.4 Å². The Balaban J connectivity index is 0.00000648. The standard InChI is InChI=1S/C21H26F3N7O3S.CH4/c1-12(31(4)17-14(11-25)19(35-5)29-20(26)28-17)18(32)27-15-10-13(34-21(22,23)24)6-7-16(15)33-9-8-30(2)3;/h6-7,10,12H,8-9H2,1-5H3,(H,27,32)(H2,26,28,29);1H4/t12-;/m0./s1. The van der Waals surface area contributed by atoms with Gasteiger partial charge < -0.3 is 30.3 Å². The van der Waals surface area contributed by atoms with Crippen molar-refractivity contribution in [3.05, 3.63) is 23.8 Å². The average Bonchev–Trinajstić information content (AvgIpc) is 2.77. The summed E-state index contributed by atoms with van der Waals surface area (Å²) < 4.78 is 47.8. The predicted octanol–water partition coefficient (Wildman–Crippen LogP) is 3.59. The summed E-state index contributed by atoms with van der Waals surface area (Å²) in [7, 11) is 5.21. The maximum absolute atomic E-state index is 13.1. The second-order valence-corrected chi connectivity index (χ2v) is 8.33. The Bertz CT molecular complexity index is 1090. The average molecular weight is 530 g/mol. The van der Waals surface area contributed by atoms with Crippen molar-refractivity contribution in [1.29, 1.82) is 5.26 Å². The van der Waals surface area contributed by atoms with Crippen LogP contribution in [0.1, 0.15) is 19.9 Å². The summed E-state index contributed by atoms with van der Waals surface area (Å²) >= 11 is 1.20. The van der Waals surface area contributed by atoms with E-state index in [-0.39, 0.29) is 42.8 Å². The van der Waals surface area contributed by atoms with Crippen LogP contribution in [-0.4, -0.2) is 73.7 Å². The van der Waals surface area contributed by atoms with Gasteiger partial charge in [0.25, 0.3) is 0 Å². The number of anilines is 3. The topological polar surface area (TPSA) is 130 Å². The van der Waals surface area contributed by atoms with Crippen molar-refractivity contribution in [2.75, 3.05) is 56.5 Å².